The van der Waals surface area contributed by atoms with Gasteiger partial charge in [-0.15, -0.1) is 0 Å². The number of nitrogens with zero attached hydrogens (tertiary/aromatic N) is 1. The van der Waals surface area contributed by atoms with E-state index in [0.29, 0.717) is 16.6 Å². The van der Waals surface area contributed by atoms with Crippen LogP contribution < -0.4 is 4.74 Å². The highest BCUT2D eigenvalue weighted by Crippen LogP contribution is 2.32. The Morgan fingerprint density at radius 2 is 2.12 bits per heavy atom. The minimum atomic E-state index is -1.06. The summed E-state index contributed by atoms with van der Waals surface area (Å²) in [7, 11) is 1.44. The lowest BCUT2D eigenvalue weighted by Crippen LogP contribution is -2.00. The van der Waals surface area contributed by atoms with Crippen LogP contribution in [0.15, 0.2) is 36.4 Å². The van der Waals surface area contributed by atoms with Gasteiger partial charge >= 0.3 is 5.97 Å². The quantitative estimate of drug-likeness (QED) is 0.670. The van der Waals surface area contributed by atoms with E-state index < -0.39 is 5.97 Å². The first-order valence-electron chi connectivity index (χ1n) is 7.30. The number of aromatic amines is 1. The summed E-state index contributed by atoms with van der Waals surface area (Å²) in [5, 5.41) is 26.2. The van der Waals surface area contributed by atoms with E-state index >= 15 is 0 Å². The van der Waals surface area contributed by atoms with Crippen LogP contribution in [0.25, 0.3) is 23.1 Å². The van der Waals surface area contributed by atoms with E-state index in [4.69, 9.17) is 4.74 Å². The number of hydrogen-bond donors (Lipinski definition) is 3. The number of aromatic nitrogens is 2. The fraction of sp³-hybridized carbons (Fsp3) is 0.111. The first-order valence-corrected chi connectivity index (χ1v) is 7.30. The number of carboxylic acids is 1. The molecule has 0 saturated heterocycles. The summed E-state index contributed by atoms with van der Waals surface area (Å²) in [5.41, 5.74) is 3.10. The van der Waals surface area contributed by atoms with E-state index in [9.17, 15) is 15.0 Å². The molecule has 0 bridgehead atoms. The molecule has 6 nitrogen and oxygen atoms in total. The van der Waals surface area contributed by atoms with Gasteiger partial charge in [-0.25, -0.2) is 4.79 Å². The average molecular weight is 324 g/mol. The molecule has 3 rings (SSSR count). The number of aliphatic hydroxyl groups excluding tert-OH is 1. The first kappa shape index (κ1) is 15.8. The lowest BCUT2D eigenvalue weighted by Gasteiger charge is -2.06. The fourth-order valence-electron chi connectivity index (χ4n) is 2.58. The zero-order valence-electron chi connectivity index (χ0n) is 13.0. The molecule has 122 valence electrons. The van der Waals surface area contributed by atoms with Crippen molar-refractivity contribution in [2.45, 2.75) is 6.61 Å². The second-order valence-electron chi connectivity index (χ2n) is 5.22. The summed E-state index contributed by atoms with van der Waals surface area (Å²) < 4.78 is 5.30. The molecule has 0 amide bonds. The number of fused-ring (bicyclic) bond motifs is 1. The second kappa shape index (κ2) is 6.55. The summed E-state index contributed by atoms with van der Waals surface area (Å²) in [6.45, 7) is -0.0234. The second-order valence-corrected chi connectivity index (χ2v) is 5.22. The molecule has 0 unspecified atom stereocenters. The van der Waals surface area contributed by atoms with Crippen LogP contribution >= 0.6 is 0 Å². The maximum absolute atomic E-state index is 11.4. The molecule has 1 heterocycles. The van der Waals surface area contributed by atoms with Crippen molar-refractivity contribution in [2.24, 2.45) is 0 Å². The Morgan fingerprint density at radius 1 is 1.29 bits per heavy atom. The van der Waals surface area contributed by atoms with Crippen LogP contribution in [0.1, 0.15) is 27.2 Å². The number of ether oxygens (including phenoxy) is 1. The molecule has 24 heavy (non-hydrogen) atoms. The predicted molar refractivity (Wildman–Crippen MR) is 90.9 cm³/mol. The van der Waals surface area contributed by atoms with E-state index in [-0.39, 0.29) is 17.9 Å². The largest absolute Gasteiger partial charge is 0.495 e. The molecular formula is C18H16N2O4. The van der Waals surface area contributed by atoms with Crippen molar-refractivity contribution >= 4 is 29.0 Å². The number of aliphatic hydroxyl groups is 1. The van der Waals surface area contributed by atoms with E-state index in [1.807, 2.05) is 30.3 Å². The Balaban J connectivity index is 2.07. The van der Waals surface area contributed by atoms with Crippen molar-refractivity contribution in [3.63, 3.8) is 0 Å². The van der Waals surface area contributed by atoms with Crippen LogP contribution in [0.3, 0.4) is 0 Å². The van der Waals surface area contributed by atoms with Crippen molar-refractivity contribution in [1.29, 1.82) is 0 Å². The summed E-state index contributed by atoms with van der Waals surface area (Å²) in [5.74, 6) is -0.780. The van der Waals surface area contributed by atoms with E-state index in [2.05, 4.69) is 10.2 Å². The summed E-state index contributed by atoms with van der Waals surface area (Å²) >= 11 is 0. The Morgan fingerprint density at radius 3 is 2.83 bits per heavy atom. The van der Waals surface area contributed by atoms with Gasteiger partial charge in [0.15, 0.2) is 0 Å². The van der Waals surface area contributed by atoms with Crippen molar-refractivity contribution in [1.82, 2.24) is 10.2 Å². The molecular weight excluding hydrogens is 308 g/mol. The van der Waals surface area contributed by atoms with Crippen LogP contribution in [-0.4, -0.2) is 33.5 Å². The number of carbonyl (C=O) groups is 1. The molecule has 3 N–H and O–H groups in total. The number of carboxylic acid groups (broad SMARTS) is 1. The van der Waals surface area contributed by atoms with Gasteiger partial charge in [0.1, 0.15) is 11.3 Å². The number of aromatic carboxylic acids is 1. The van der Waals surface area contributed by atoms with Gasteiger partial charge in [-0.1, -0.05) is 24.3 Å². The van der Waals surface area contributed by atoms with Crippen LogP contribution in [0, 0.1) is 0 Å². The molecule has 0 spiro atoms. The number of H-pyrrole nitrogens is 1. The number of rotatable bonds is 5. The maximum Gasteiger partial charge on any atom is 0.339 e. The fourth-order valence-corrected chi connectivity index (χ4v) is 2.58. The molecule has 2 aromatic carbocycles. The topological polar surface area (TPSA) is 95.4 Å². The Hall–Kier alpha value is -3.12. The lowest BCUT2D eigenvalue weighted by atomic mass is 10.1. The van der Waals surface area contributed by atoms with Gasteiger partial charge in [-0.3, -0.25) is 5.10 Å². The lowest BCUT2D eigenvalue weighted by molar-refractivity contribution is 0.0693. The van der Waals surface area contributed by atoms with Crippen molar-refractivity contribution in [3.05, 3.63) is 58.8 Å². The van der Waals surface area contributed by atoms with Crippen molar-refractivity contribution < 1.29 is 19.7 Å². The highest BCUT2D eigenvalue weighted by molar-refractivity contribution is 6.02. The van der Waals surface area contributed by atoms with E-state index in [1.54, 1.807) is 12.1 Å². The molecule has 0 aliphatic rings. The van der Waals surface area contributed by atoms with Crippen LogP contribution in [-0.2, 0) is 6.61 Å². The molecule has 0 aliphatic heterocycles. The number of nitrogens with one attached hydrogen (secondary N) is 1. The first-order chi connectivity index (χ1) is 11.6. The Bertz CT molecular complexity index is 928. The molecule has 1 aromatic heterocycles. The van der Waals surface area contributed by atoms with Gasteiger partial charge in [0.2, 0.25) is 0 Å². The molecule has 0 fully saturated rings. The molecule has 0 radical (unpaired) electrons. The van der Waals surface area contributed by atoms with Crippen LogP contribution in [0.4, 0.5) is 0 Å². The average Bonchev–Trinajstić information content (AvgIpc) is 3.02. The SMILES string of the molecule is COc1c(C(=O)O)ccc2n[nH]c(/C=C/c3cccc(CO)c3)c12. The van der Waals surface area contributed by atoms with E-state index in [1.165, 1.54) is 13.2 Å². The molecule has 0 saturated carbocycles. The zero-order valence-corrected chi connectivity index (χ0v) is 13.0. The highest BCUT2D eigenvalue weighted by Gasteiger charge is 2.17. The molecule has 6 heteroatoms. The third-order valence-electron chi connectivity index (χ3n) is 3.71. The Labute approximate surface area is 138 Å². The normalized spacial score (nSPS) is 11.2. The van der Waals surface area contributed by atoms with Crippen molar-refractivity contribution in [2.75, 3.05) is 7.11 Å². The minimum Gasteiger partial charge on any atom is -0.495 e. The zero-order chi connectivity index (χ0) is 17.1. The van der Waals surface area contributed by atoms with Gasteiger partial charge in [0.25, 0.3) is 0 Å². The summed E-state index contributed by atoms with van der Waals surface area (Å²) in [6, 6.07) is 10.6. The number of hydrogen-bond acceptors (Lipinski definition) is 4. The van der Waals surface area contributed by atoms with Gasteiger partial charge in [-0.05, 0) is 35.4 Å². The monoisotopic (exact) mass is 324 g/mol. The highest BCUT2D eigenvalue weighted by atomic mass is 16.5. The van der Waals surface area contributed by atoms with Gasteiger partial charge in [0.05, 0.1) is 30.3 Å². The molecule has 0 atom stereocenters. The molecule has 3 aromatic rings. The molecule has 0 aliphatic carbocycles. The number of methoxy groups -OCH3 is 1. The van der Waals surface area contributed by atoms with Crippen LogP contribution in [0.2, 0.25) is 0 Å². The standard InChI is InChI=1S/C18H16N2O4/c1-24-17-13(18(22)23)6-8-15-16(17)14(19-20-15)7-5-11-3-2-4-12(9-11)10-21/h2-9,21H,10H2,1H3,(H,19,20)(H,22,23)/b7-5+. The smallest absolute Gasteiger partial charge is 0.339 e. The van der Waals surface area contributed by atoms with Crippen LogP contribution in [0.5, 0.6) is 5.75 Å². The minimum absolute atomic E-state index is 0.0234. The van der Waals surface area contributed by atoms with E-state index in [0.717, 1.165) is 11.1 Å². The van der Waals surface area contributed by atoms with Gasteiger partial charge < -0.3 is 14.9 Å². The van der Waals surface area contributed by atoms with Gasteiger partial charge in [0, 0.05) is 0 Å². The third-order valence-corrected chi connectivity index (χ3v) is 3.71. The van der Waals surface area contributed by atoms with Gasteiger partial charge in [-0.2, -0.15) is 5.10 Å². The summed E-state index contributed by atoms with van der Waals surface area (Å²) in [6.07, 6.45) is 3.67. The maximum atomic E-state index is 11.4. The van der Waals surface area contributed by atoms with Crippen molar-refractivity contribution in [3.8, 4) is 5.75 Å². The summed E-state index contributed by atoms with van der Waals surface area (Å²) in [4.78, 5) is 11.4. The number of benzene rings is 2. The predicted octanol–water partition coefficient (Wildman–Crippen LogP) is 2.93. The Kier molecular flexibility index (Phi) is 4.31. The third kappa shape index (κ3) is 2.87.